The zero-order valence-corrected chi connectivity index (χ0v) is 35.1. The number of aliphatic imine (C=N–C) groups is 1. The number of hydrogen-bond donors (Lipinski definition) is 2. The molecule has 4 saturated heterocycles. The van der Waals surface area contributed by atoms with Crippen molar-refractivity contribution in [3.63, 3.8) is 0 Å². The van der Waals surface area contributed by atoms with E-state index in [1.54, 1.807) is 7.11 Å². The van der Waals surface area contributed by atoms with Crippen LogP contribution >= 0.6 is 0 Å². The van der Waals surface area contributed by atoms with Gasteiger partial charge in [-0.15, -0.1) is 0 Å². The van der Waals surface area contributed by atoms with E-state index in [4.69, 9.17) is 23.9 Å². The monoisotopic (exact) mass is 808 g/mol. The molecule has 7 heterocycles. The topological polar surface area (TPSA) is 151 Å². The molecule has 13 heteroatoms. The fourth-order valence-corrected chi connectivity index (χ4v) is 15.1. The number of carbonyl (C=O) groups is 3. The number of rotatable bonds is 7. The van der Waals surface area contributed by atoms with Crippen molar-refractivity contribution in [1.82, 2.24) is 9.80 Å². The summed E-state index contributed by atoms with van der Waals surface area (Å²) in [7, 11) is 6.16. The van der Waals surface area contributed by atoms with Crippen LogP contribution in [0.4, 0.5) is 11.4 Å². The molecule has 2 spiro atoms. The number of ether oxygens (including phenoxy) is 4. The third kappa shape index (κ3) is 4.35. The average Bonchev–Trinajstić information content (AvgIpc) is 3.82. The van der Waals surface area contributed by atoms with Gasteiger partial charge in [0.2, 0.25) is 5.60 Å². The summed E-state index contributed by atoms with van der Waals surface area (Å²) in [5, 5.41) is 26.0. The first-order valence-corrected chi connectivity index (χ1v) is 21.3. The summed E-state index contributed by atoms with van der Waals surface area (Å²) in [5.41, 5.74) is -2.63. The van der Waals surface area contributed by atoms with Gasteiger partial charge in [-0.25, -0.2) is 4.79 Å². The van der Waals surface area contributed by atoms with E-state index in [9.17, 15) is 19.8 Å². The van der Waals surface area contributed by atoms with Crippen LogP contribution in [0.25, 0.3) is 0 Å². The molecular weight excluding hydrogens is 753 g/mol. The van der Waals surface area contributed by atoms with Crippen LogP contribution < -0.4 is 9.64 Å². The van der Waals surface area contributed by atoms with Gasteiger partial charge >= 0.3 is 17.9 Å². The lowest BCUT2D eigenvalue weighted by atomic mass is 9.44. The van der Waals surface area contributed by atoms with Gasteiger partial charge in [-0.2, -0.15) is 0 Å². The van der Waals surface area contributed by atoms with Crippen molar-refractivity contribution < 1.29 is 43.5 Å². The molecule has 0 amide bonds. The quantitative estimate of drug-likeness (QED) is 0.239. The summed E-state index contributed by atoms with van der Waals surface area (Å²) < 4.78 is 23.9. The highest BCUT2D eigenvalue weighted by molar-refractivity contribution is 6.21. The van der Waals surface area contributed by atoms with E-state index in [0.717, 1.165) is 35.6 Å². The number of esters is 3. The Kier molecular flexibility index (Phi) is 8.32. The van der Waals surface area contributed by atoms with E-state index in [1.165, 1.54) is 21.1 Å². The maximum atomic E-state index is 15.3. The van der Waals surface area contributed by atoms with Crippen LogP contribution in [0.3, 0.4) is 0 Å². The molecule has 2 saturated carbocycles. The van der Waals surface area contributed by atoms with Crippen molar-refractivity contribution in [2.24, 2.45) is 22.2 Å². The molecule has 7 aliphatic heterocycles. The standard InChI is InChI=1S/C46H56N4O9/c1-8-41-15-12-18-50-20-17-44(36(41)50)29-21-30(33(56-5)22-32(29)48(4)37(44)46(55,40(53)58-7)38(41)59-26(3)51)45(39(52)57-6)23-27-24-49-19-16-43(34(27)42(54,9-2)25-49)28-13-10-11-14-31(28)47-35(43)45/h10-15,21-22,27,34,36-38,54-55H,8-9,16-20,23-25H2,1-7H3/t27-,34+,36-,37+,38+,41+,42-,43-,44+,45-,46-/m0/s1. The number of likely N-dealkylation sites (N-methyl/N-ethyl adjacent to an activating group) is 1. The summed E-state index contributed by atoms with van der Waals surface area (Å²) in [6, 6.07) is 11.0. The Morgan fingerprint density at radius 2 is 1.69 bits per heavy atom. The van der Waals surface area contributed by atoms with E-state index in [-0.39, 0.29) is 17.9 Å². The number of methoxy groups -OCH3 is 3. The second-order valence-corrected chi connectivity index (χ2v) is 18.7. The third-order valence-electron chi connectivity index (χ3n) is 16.7. The normalized spacial score (nSPS) is 41.8. The third-order valence-corrected chi connectivity index (χ3v) is 16.7. The van der Waals surface area contributed by atoms with Gasteiger partial charge < -0.3 is 39.0 Å². The van der Waals surface area contributed by atoms with E-state index in [1.807, 2.05) is 43.1 Å². The number of anilines is 1. The van der Waals surface area contributed by atoms with Gasteiger partial charge in [0.1, 0.15) is 11.2 Å². The number of carbonyl (C=O) groups excluding carboxylic acids is 3. The summed E-state index contributed by atoms with van der Waals surface area (Å²) in [5.74, 6) is -1.76. The van der Waals surface area contributed by atoms with Gasteiger partial charge in [-0.05, 0) is 74.4 Å². The summed E-state index contributed by atoms with van der Waals surface area (Å²) in [6.45, 7) is 8.72. The molecule has 314 valence electrons. The molecule has 1 unspecified atom stereocenters. The number of piperidine rings is 1. The van der Waals surface area contributed by atoms with Gasteiger partial charge in [0.05, 0.1) is 44.4 Å². The minimum Gasteiger partial charge on any atom is -0.496 e. The van der Waals surface area contributed by atoms with Gasteiger partial charge in [0.15, 0.2) is 6.10 Å². The number of nitrogens with zero attached hydrogens (tertiary/aromatic N) is 4. The smallest absolute Gasteiger partial charge is 0.344 e. The van der Waals surface area contributed by atoms with E-state index in [2.05, 4.69) is 41.0 Å². The lowest BCUT2D eigenvalue weighted by Crippen LogP contribution is -2.81. The highest BCUT2D eigenvalue weighted by Gasteiger charge is 2.81. The maximum Gasteiger partial charge on any atom is 0.344 e. The maximum absolute atomic E-state index is 15.3. The molecule has 11 rings (SSSR count). The fourth-order valence-electron chi connectivity index (χ4n) is 15.1. The highest BCUT2D eigenvalue weighted by atomic mass is 16.6. The Hall–Kier alpha value is -4.30. The van der Waals surface area contributed by atoms with Gasteiger partial charge in [0.25, 0.3) is 0 Å². The van der Waals surface area contributed by atoms with Crippen LogP contribution in [0.15, 0.2) is 53.5 Å². The summed E-state index contributed by atoms with van der Waals surface area (Å²) in [6.07, 6.45) is 5.47. The van der Waals surface area contributed by atoms with Crippen LogP contribution in [-0.4, -0.2) is 134 Å². The lowest BCUT2D eigenvalue weighted by Gasteiger charge is -2.63. The minimum absolute atomic E-state index is 0.103. The first-order valence-electron chi connectivity index (χ1n) is 21.3. The average molecular weight is 809 g/mol. The molecule has 59 heavy (non-hydrogen) atoms. The molecule has 2 N–H and O–H groups in total. The molecule has 2 aliphatic carbocycles. The first-order chi connectivity index (χ1) is 28.2. The zero-order chi connectivity index (χ0) is 41.7. The second kappa shape index (κ2) is 12.6. The van der Waals surface area contributed by atoms with Crippen molar-refractivity contribution in [1.29, 1.82) is 0 Å². The molecule has 13 nitrogen and oxygen atoms in total. The Labute approximate surface area is 345 Å². The first kappa shape index (κ1) is 38.9. The predicted molar refractivity (Wildman–Crippen MR) is 218 cm³/mol. The van der Waals surface area contributed by atoms with Gasteiger partial charge in [0, 0.05) is 79.1 Å². The second-order valence-electron chi connectivity index (χ2n) is 18.7. The predicted octanol–water partition coefficient (Wildman–Crippen LogP) is 3.57. The van der Waals surface area contributed by atoms with Crippen LogP contribution in [0.5, 0.6) is 5.75 Å². The van der Waals surface area contributed by atoms with Gasteiger partial charge in [-0.3, -0.25) is 19.5 Å². The molecule has 6 fully saturated rings. The molecule has 4 bridgehead atoms. The largest absolute Gasteiger partial charge is 0.496 e. The molecule has 9 aliphatic rings. The van der Waals surface area contributed by atoms with Crippen molar-refractivity contribution in [2.75, 3.05) is 66.0 Å². The molecular formula is C46H56N4O9. The van der Waals surface area contributed by atoms with Crippen LogP contribution in [0, 0.1) is 17.3 Å². The van der Waals surface area contributed by atoms with E-state index >= 15 is 4.79 Å². The molecule has 2 aromatic rings. The number of hydrogen-bond acceptors (Lipinski definition) is 13. The van der Waals surface area contributed by atoms with Crippen molar-refractivity contribution in [3.8, 4) is 5.75 Å². The van der Waals surface area contributed by atoms with Crippen LogP contribution in [0.2, 0.25) is 0 Å². The molecule has 0 aromatic heterocycles. The Bertz CT molecular complexity index is 2250. The van der Waals surface area contributed by atoms with Crippen molar-refractivity contribution in [2.45, 2.75) is 98.5 Å². The van der Waals surface area contributed by atoms with E-state index < -0.39 is 62.9 Å². The van der Waals surface area contributed by atoms with E-state index in [0.29, 0.717) is 68.8 Å². The fraction of sp³-hybridized carbons (Fsp3) is 0.609. The number of aliphatic hydroxyl groups is 2. The number of benzene rings is 2. The molecule has 0 radical (unpaired) electrons. The molecule has 12 atom stereocenters. The van der Waals surface area contributed by atoms with Gasteiger partial charge in [-0.1, -0.05) is 44.2 Å². The van der Waals surface area contributed by atoms with Crippen molar-refractivity contribution in [3.05, 3.63) is 65.2 Å². The highest BCUT2D eigenvalue weighted by Crippen LogP contribution is 2.70. The van der Waals surface area contributed by atoms with Crippen LogP contribution in [-0.2, 0) is 44.8 Å². The Morgan fingerprint density at radius 1 is 0.932 bits per heavy atom. The summed E-state index contributed by atoms with van der Waals surface area (Å²) in [4.78, 5) is 54.9. The Morgan fingerprint density at radius 3 is 2.39 bits per heavy atom. The summed E-state index contributed by atoms with van der Waals surface area (Å²) >= 11 is 0. The minimum atomic E-state index is -2.30. The number of para-hydroxylation sites is 1. The lowest BCUT2D eigenvalue weighted by molar-refractivity contribution is -0.228. The van der Waals surface area contributed by atoms with Crippen LogP contribution in [0.1, 0.15) is 69.6 Å². The SMILES string of the molecule is CC[C@]1(O)CN2CC[C@]34C(=Nc5ccccc53)[C@@](C(=O)OC)(c3cc5c(cc3OC)N(C)[C@H]3[C@@](O)(C(=O)OC)[C@H](OC(C)=O)[C@]6(CC)C=CCN7CC[C@]53[C@@H]76)C[C@@H](C2)[C@H]14. The zero-order valence-electron chi connectivity index (χ0n) is 35.1. The molecule has 2 aromatic carbocycles. The van der Waals surface area contributed by atoms with Crippen molar-refractivity contribution >= 4 is 35.0 Å². The Balaban J connectivity index is 1.27. The number of fused-ring (bicyclic) bond motifs is 4.